The van der Waals surface area contributed by atoms with E-state index in [9.17, 15) is 23.3 Å². The van der Waals surface area contributed by atoms with E-state index in [0.29, 0.717) is 0 Å². The number of hydrogen-bond acceptors (Lipinski definition) is 6. The predicted molar refractivity (Wildman–Crippen MR) is 62.2 cm³/mol. The van der Waals surface area contributed by atoms with Crippen LogP contribution in [0.2, 0.25) is 0 Å². The Hall–Kier alpha value is -1.96. The molecule has 0 aliphatic rings. The summed E-state index contributed by atoms with van der Waals surface area (Å²) in [5.41, 5.74) is -0.856. The summed E-state index contributed by atoms with van der Waals surface area (Å²) < 4.78 is 27.2. The lowest BCUT2D eigenvalue weighted by Crippen LogP contribution is -2.09. The molecule has 0 saturated carbocycles. The van der Waals surface area contributed by atoms with Gasteiger partial charge in [0.05, 0.1) is 16.4 Å². The molecular weight excluding hydrogens is 262 g/mol. The van der Waals surface area contributed by atoms with Crippen molar-refractivity contribution in [2.45, 2.75) is 11.8 Å². The van der Waals surface area contributed by atoms with Crippen LogP contribution in [0.25, 0.3) is 0 Å². The molecule has 1 rings (SSSR count). The van der Waals surface area contributed by atoms with Crippen LogP contribution in [-0.4, -0.2) is 32.2 Å². The third-order valence-electron chi connectivity index (χ3n) is 2.09. The van der Waals surface area contributed by atoms with Crippen molar-refractivity contribution < 1.29 is 22.9 Å². The summed E-state index contributed by atoms with van der Waals surface area (Å²) in [7, 11) is -3.57. The molecule has 0 spiro atoms. The molecule has 0 N–H and O–H groups in total. The molecule has 0 saturated heterocycles. The minimum absolute atomic E-state index is 0.0732. The SMILES string of the molecule is CCOC(=O)c1ccc(S(C)(=O)=O)cc1[N+](=O)[O-]. The predicted octanol–water partition coefficient (Wildman–Crippen LogP) is 1.18. The Kier molecular flexibility index (Phi) is 4.02. The number of nitro benzene ring substituents is 1. The zero-order chi connectivity index (χ0) is 13.9. The summed E-state index contributed by atoms with van der Waals surface area (Å²) in [4.78, 5) is 21.2. The maximum atomic E-state index is 11.5. The molecule has 0 aliphatic carbocycles. The van der Waals surface area contributed by atoms with Gasteiger partial charge in [0, 0.05) is 12.3 Å². The van der Waals surface area contributed by atoms with E-state index in [1.54, 1.807) is 6.92 Å². The number of carbonyl (C=O) groups is 1. The monoisotopic (exact) mass is 273 g/mol. The minimum atomic E-state index is -3.57. The average molecular weight is 273 g/mol. The summed E-state index contributed by atoms with van der Waals surface area (Å²) in [5, 5.41) is 10.8. The van der Waals surface area contributed by atoms with E-state index < -0.39 is 26.4 Å². The van der Waals surface area contributed by atoms with Gasteiger partial charge in [-0.05, 0) is 19.1 Å². The number of carbonyl (C=O) groups excluding carboxylic acids is 1. The van der Waals surface area contributed by atoms with Crippen LogP contribution in [0.4, 0.5) is 5.69 Å². The molecule has 0 amide bonds. The molecule has 8 heteroatoms. The molecule has 18 heavy (non-hydrogen) atoms. The number of benzene rings is 1. The largest absolute Gasteiger partial charge is 0.462 e. The molecule has 0 unspecified atom stereocenters. The fourth-order valence-corrected chi connectivity index (χ4v) is 1.92. The van der Waals surface area contributed by atoms with Gasteiger partial charge in [-0.3, -0.25) is 10.1 Å². The molecule has 0 atom stereocenters. The molecule has 0 aliphatic heterocycles. The molecule has 0 fully saturated rings. The van der Waals surface area contributed by atoms with Crippen molar-refractivity contribution in [1.82, 2.24) is 0 Å². The van der Waals surface area contributed by atoms with E-state index in [-0.39, 0.29) is 17.1 Å². The van der Waals surface area contributed by atoms with Crippen LogP contribution < -0.4 is 0 Å². The highest BCUT2D eigenvalue weighted by molar-refractivity contribution is 7.90. The molecule has 0 aromatic heterocycles. The van der Waals surface area contributed by atoms with Gasteiger partial charge < -0.3 is 4.74 Å². The van der Waals surface area contributed by atoms with Gasteiger partial charge in [0.25, 0.3) is 5.69 Å². The van der Waals surface area contributed by atoms with Gasteiger partial charge in [-0.1, -0.05) is 0 Å². The molecule has 0 heterocycles. The number of hydrogen-bond donors (Lipinski definition) is 0. The highest BCUT2D eigenvalue weighted by Gasteiger charge is 2.23. The Morgan fingerprint density at radius 2 is 2.06 bits per heavy atom. The van der Waals surface area contributed by atoms with Crippen molar-refractivity contribution in [3.8, 4) is 0 Å². The van der Waals surface area contributed by atoms with Gasteiger partial charge in [0.15, 0.2) is 9.84 Å². The summed E-state index contributed by atoms with van der Waals surface area (Å²) in [6.07, 6.45) is 0.927. The van der Waals surface area contributed by atoms with Crippen LogP contribution in [0.15, 0.2) is 23.1 Å². The second kappa shape index (κ2) is 5.13. The lowest BCUT2D eigenvalue weighted by molar-refractivity contribution is -0.385. The van der Waals surface area contributed by atoms with Crippen molar-refractivity contribution in [3.63, 3.8) is 0 Å². The molecule has 1 aromatic rings. The van der Waals surface area contributed by atoms with Crippen LogP contribution in [-0.2, 0) is 14.6 Å². The van der Waals surface area contributed by atoms with Gasteiger partial charge in [-0.25, -0.2) is 13.2 Å². The van der Waals surface area contributed by atoms with E-state index in [4.69, 9.17) is 0 Å². The first-order valence-corrected chi connectivity index (χ1v) is 6.82. The number of nitrogens with zero attached hydrogens (tertiary/aromatic N) is 1. The van der Waals surface area contributed by atoms with Gasteiger partial charge in [0.2, 0.25) is 0 Å². The van der Waals surface area contributed by atoms with E-state index in [2.05, 4.69) is 4.74 Å². The maximum absolute atomic E-state index is 11.5. The van der Waals surface area contributed by atoms with Crippen LogP contribution in [0.1, 0.15) is 17.3 Å². The Morgan fingerprint density at radius 3 is 2.50 bits per heavy atom. The maximum Gasteiger partial charge on any atom is 0.345 e. The van der Waals surface area contributed by atoms with E-state index in [0.717, 1.165) is 24.5 Å². The van der Waals surface area contributed by atoms with Crippen LogP contribution >= 0.6 is 0 Å². The molecule has 7 nitrogen and oxygen atoms in total. The van der Waals surface area contributed by atoms with Gasteiger partial charge in [-0.15, -0.1) is 0 Å². The molecule has 0 radical (unpaired) electrons. The zero-order valence-electron chi connectivity index (χ0n) is 9.74. The van der Waals surface area contributed by atoms with Crippen LogP contribution in [0, 0.1) is 10.1 Å². The van der Waals surface area contributed by atoms with Gasteiger partial charge in [-0.2, -0.15) is 0 Å². The lowest BCUT2D eigenvalue weighted by atomic mass is 10.2. The normalized spacial score (nSPS) is 11.0. The quantitative estimate of drug-likeness (QED) is 0.463. The van der Waals surface area contributed by atoms with E-state index >= 15 is 0 Å². The topological polar surface area (TPSA) is 104 Å². The molecule has 0 bridgehead atoms. The van der Waals surface area contributed by atoms with Gasteiger partial charge in [0.1, 0.15) is 5.56 Å². The minimum Gasteiger partial charge on any atom is -0.462 e. The van der Waals surface area contributed by atoms with Crippen molar-refractivity contribution in [2.24, 2.45) is 0 Å². The van der Waals surface area contributed by atoms with Crippen LogP contribution in [0.3, 0.4) is 0 Å². The Morgan fingerprint density at radius 1 is 1.44 bits per heavy atom. The lowest BCUT2D eigenvalue weighted by Gasteiger charge is -2.04. The zero-order valence-corrected chi connectivity index (χ0v) is 10.6. The smallest absolute Gasteiger partial charge is 0.345 e. The summed E-state index contributed by atoms with van der Waals surface area (Å²) in [6, 6.07) is 3.06. The van der Waals surface area contributed by atoms with Crippen molar-refractivity contribution in [1.29, 1.82) is 0 Å². The molecule has 98 valence electrons. The first-order chi connectivity index (χ1) is 8.27. The molecule has 1 aromatic carbocycles. The number of sulfone groups is 1. The first-order valence-electron chi connectivity index (χ1n) is 4.93. The Bertz CT molecular complexity index is 592. The van der Waals surface area contributed by atoms with Crippen molar-refractivity contribution >= 4 is 21.5 Å². The highest BCUT2D eigenvalue weighted by atomic mass is 32.2. The van der Waals surface area contributed by atoms with E-state index in [1.165, 1.54) is 0 Å². The average Bonchev–Trinajstić information content (AvgIpc) is 2.27. The number of esters is 1. The second-order valence-corrected chi connectivity index (χ2v) is 5.44. The Balaban J connectivity index is 3.39. The third kappa shape index (κ3) is 3.04. The summed E-state index contributed by atoms with van der Waals surface area (Å²) >= 11 is 0. The second-order valence-electron chi connectivity index (χ2n) is 3.43. The van der Waals surface area contributed by atoms with E-state index in [1.807, 2.05) is 0 Å². The number of ether oxygens (including phenoxy) is 1. The summed E-state index contributed by atoms with van der Waals surface area (Å²) in [5.74, 6) is -0.857. The van der Waals surface area contributed by atoms with Crippen molar-refractivity contribution in [3.05, 3.63) is 33.9 Å². The number of nitro groups is 1. The number of rotatable bonds is 4. The Labute approximate surface area is 103 Å². The molecular formula is C10H11NO6S. The van der Waals surface area contributed by atoms with Crippen molar-refractivity contribution in [2.75, 3.05) is 12.9 Å². The fraction of sp³-hybridized carbons (Fsp3) is 0.300. The fourth-order valence-electron chi connectivity index (χ4n) is 1.27. The summed E-state index contributed by atoms with van der Waals surface area (Å²) in [6.45, 7) is 1.64. The van der Waals surface area contributed by atoms with Crippen LogP contribution in [0.5, 0.6) is 0 Å². The van der Waals surface area contributed by atoms with Gasteiger partial charge >= 0.3 is 5.97 Å². The highest BCUT2D eigenvalue weighted by Crippen LogP contribution is 2.23. The third-order valence-corrected chi connectivity index (χ3v) is 3.20. The first kappa shape index (κ1) is 14.1. The standard InChI is InChI=1S/C10H11NO6S/c1-3-17-10(12)8-5-4-7(18(2,15)16)6-9(8)11(13)14/h4-6H,3H2,1-2H3.